The third-order valence-electron chi connectivity index (χ3n) is 2.20. The molecular formula is C13H16O2. The zero-order chi connectivity index (χ0) is 11.6. The van der Waals surface area contributed by atoms with E-state index in [1.54, 1.807) is 0 Å². The van der Waals surface area contributed by atoms with Gasteiger partial charge in [0.15, 0.2) is 0 Å². The lowest BCUT2D eigenvalue weighted by Crippen LogP contribution is -2.04. The first-order chi connectivity index (χ1) is 6.91. The van der Waals surface area contributed by atoms with Crippen LogP contribution < -0.4 is 4.74 Å². The first-order valence-corrected chi connectivity index (χ1v) is 4.87. The smallest absolute Gasteiger partial charge is 0.308 e. The van der Waals surface area contributed by atoms with E-state index >= 15 is 0 Å². The van der Waals surface area contributed by atoms with Gasteiger partial charge in [-0.1, -0.05) is 12.2 Å². The third-order valence-corrected chi connectivity index (χ3v) is 2.20. The van der Waals surface area contributed by atoms with Gasteiger partial charge in [0.05, 0.1) is 0 Å². The largest absolute Gasteiger partial charge is 0.426 e. The van der Waals surface area contributed by atoms with Gasteiger partial charge < -0.3 is 4.74 Å². The summed E-state index contributed by atoms with van der Waals surface area (Å²) in [5.41, 5.74) is 4.02. The number of rotatable bonds is 2. The molecule has 0 aromatic heterocycles. The zero-order valence-corrected chi connectivity index (χ0v) is 9.68. The zero-order valence-electron chi connectivity index (χ0n) is 9.68. The Labute approximate surface area is 90.6 Å². The van der Waals surface area contributed by atoms with E-state index in [-0.39, 0.29) is 5.97 Å². The van der Waals surface area contributed by atoms with Crippen LogP contribution in [0.5, 0.6) is 5.75 Å². The summed E-state index contributed by atoms with van der Waals surface area (Å²) >= 11 is 0. The van der Waals surface area contributed by atoms with E-state index in [1.807, 2.05) is 32.9 Å². The molecule has 0 aliphatic rings. The molecule has 2 nitrogen and oxygen atoms in total. The molecule has 0 fully saturated rings. The van der Waals surface area contributed by atoms with Gasteiger partial charge in [-0.25, -0.2) is 0 Å². The van der Waals surface area contributed by atoms with Crippen molar-refractivity contribution < 1.29 is 9.53 Å². The second-order valence-electron chi connectivity index (χ2n) is 3.81. The lowest BCUT2D eigenvalue weighted by Gasteiger charge is -2.11. The van der Waals surface area contributed by atoms with Gasteiger partial charge in [-0.2, -0.15) is 0 Å². The third kappa shape index (κ3) is 2.69. The van der Waals surface area contributed by atoms with E-state index in [4.69, 9.17) is 4.74 Å². The number of carbonyl (C=O) groups is 1. The minimum atomic E-state index is -0.288. The monoisotopic (exact) mass is 204 g/mol. The average Bonchev–Trinajstić information content (AvgIpc) is 2.10. The molecule has 2 heteroatoms. The molecule has 0 bridgehead atoms. The molecule has 0 heterocycles. The molecular weight excluding hydrogens is 188 g/mol. The Balaban J connectivity index is 3.21. The SMILES string of the molecule is C=C(C)c1cc(C)c(OC(C)=O)c(C)c1. The molecule has 0 unspecified atom stereocenters. The second-order valence-corrected chi connectivity index (χ2v) is 3.81. The highest BCUT2D eigenvalue weighted by Crippen LogP contribution is 2.27. The Morgan fingerprint density at radius 3 is 2.00 bits per heavy atom. The number of aryl methyl sites for hydroxylation is 2. The summed E-state index contributed by atoms with van der Waals surface area (Å²) in [5, 5.41) is 0. The highest BCUT2D eigenvalue weighted by atomic mass is 16.5. The molecule has 0 spiro atoms. The van der Waals surface area contributed by atoms with E-state index in [1.165, 1.54) is 6.92 Å². The van der Waals surface area contributed by atoms with Crippen molar-refractivity contribution >= 4 is 11.5 Å². The molecule has 1 rings (SSSR count). The van der Waals surface area contributed by atoms with Crippen molar-refractivity contribution in [3.63, 3.8) is 0 Å². The van der Waals surface area contributed by atoms with Gasteiger partial charge in [0.2, 0.25) is 0 Å². The maximum absolute atomic E-state index is 10.9. The fraction of sp³-hybridized carbons (Fsp3) is 0.308. The maximum atomic E-state index is 10.9. The Kier molecular flexibility index (Phi) is 3.30. The number of allylic oxidation sites excluding steroid dienone is 1. The molecule has 0 saturated heterocycles. The number of benzene rings is 1. The highest BCUT2D eigenvalue weighted by molar-refractivity contribution is 5.72. The summed E-state index contributed by atoms with van der Waals surface area (Å²) < 4.78 is 5.14. The number of esters is 1. The maximum Gasteiger partial charge on any atom is 0.308 e. The van der Waals surface area contributed by atoms with Gasteiger partial charge in [-0.3, -0.25) is 4.79 Å². The molecule has 80 valence electrons. The predicted molar refractivity (Wildman–Crippen MR) is 61.9 cm³/mol. The standard InChI is InChI=1S/C13H16O2/c1-8(2)12-6-9(3)13(10(4)7-12)15-11(5)14/h6-7H,1H2,2-5H3. The summed E-state index contributed by atoms with van der Waals surface area (Å²) in [5.74, 6) is 0.372. The van der Waals surface area contributed by atoms with Crippen molar-refractivity contribution in [3.05, 3.63) is 35.4 Å². The van der Waals surface area contributed by atoms with Crippen molar-refractivity contribution in [2.75, 3.05) is 0 Å². The molecule has 0 saturated carbocycles. The fourth-order valence-electron chi connectivity index (χ4n) is 1.50. The highest BCUT2D eigenvalue weighted by Gasteiger charge is 2.08. The molecule has 0 aliphatic heterocycles. The lowest BCUT2D eigenvalue weighted by atomic mass is 10.0. The molecule has 0 radical (unpaired) electrons. The topological polar surface area (TPSA) is 26.3 Å². The van der Waals surface area contributed by atoms with Crippen LogP contribution >= 0.6 is 0 Å². The van der Waals surface area contributed by atoms with E-state index in [2.05, 4.69) is 6.58 Å². The molecule has 15 heavy (non-hydrogen) atoms. The van der Waals surface area contributed by atoms with Gasteiger partial charge in [-0.15, -0.1) is 0 Å². The molecule has 0 N–H and O–H groups in total. The van der Waals surface area contributed by atoms with Crippen LogP contribution in [-0.4, -0.2) is 5.97 Å². The normalized spacial score (nSPS) is 9.87. The van der Waals surface area contributed by atoms with Gasteiger partial charge in [0.25, 0.3) is 0 Å². The Morgan fingerprint density at radius 1 is 1.20 bits per heavy atom. The van der Waals surface area contributed by atoms with E-state index in [0.717, 1.165) is 22.3 Å². The van der Waals surface area contributed by atoms with Gasteiger partial charge in [0, 0.05) is 6.92 Å². The molecule has 0 atom stereocenters. The van der Waals surface area contributed by atoms with Crippen molar-refractivity contribution in [2.24, 2.45) is 0 Å². The van der Waals surface area contributed by atoms with Crippen molar-refractivity contribution in [1.29, 1.82) is 0 Å². The number of ether oxygens (including phenoxy) is 1. The van der Waals surface area contributed by atoms with Crippen LogP contribution in [-0.2, 0) is 4.79 Å². The fourth-order valence-corrected chi connectivity index (χ4v) is 1.50. The van der Waals surface area contributed by atoms with Gasteiger partial charge in [0.1, 0.15) is 5.75 Å². The average molecular weight is 204 g/mol. The van der Waals surface area contributed by atoms with E-state index in [0.29, 0.717) is 5.75 Å². The Bertz CT molecular complexity index is 394. The molecule has 1 aromatic rings. The van der Waals surface area contributed by atoms with Crippen LogP contribution in [0.4, 0.5) is 0 Å². The predicted octanol–water partition coefficient (Wildman–Crippen LogP) is 3.26. The summed E-state index contributed by atoms with van der Waals surface area (Å²) in [6.07, 6.45) is 0. The number of hydrogen-bond donors (Lipinski definition) is 0. The molecule has 0 amide bonds. The molecule has 0 aliphatic carbocycles. The summed E-state index contributed by atoms with van der Waals surface area (Å²) in [6, 6.07) is 3.96. The van der Waals surface area contributed by atoms with Gasteiger partial charge >= 0.3 is 5.97 Å². The Morgan fingerprint density at radius 2 is 1.67 bits per heavy atom. The first kappa shape index (κ1) is 11.5. The van der Waals surface area contributed by atoms with E-state index in [9.17, 15) is 4.79 Å². The van der Waals surface area contributed by atoms with Crippen LogP contribution in [0, 0.1) is 13.8 Å². The lowest BCUT2D eigenvalue weighted by molar-refractivity contribution is -0.131. The van der Waals surface area contributed by atoms with Gasteiger partial charge in [-0.05, 0) is 49.6 Å². The van der Waals surface area contributed by atoms with E-state index < -0.39 is 0 Å². The second kappa shape index (κ2) is 4.30. The molecule has 1 aromatic carbocycles. The minimum Gasteiger partial charge on any atom is -0.426 e. The summed E-state index contributed by atoms with van der Waals surface area (Å²) in [7, 11) is 0. The van der Waals surface area contributed by atoms with Crippen LogP contribution in [0.25, 0.3) is 5.57 Å². The Hall–Kier alpha value is -1.57. The summed E-state index contributed by atoms with van der Waals surface area (Å²) in [4.78, 5) is 10.9. The van der Waals surface area contributed by atoms with Crippen molar-refractivity contribution in [1.82, 2.24) is 0 Å². The van der Waals surface area contributed by atoms with Crippen LogP contribution in [0.2, 0.25) is 0 Å². The summed E-state index contributed by atoms with van der Waals surface area (Å²) in [6.45, 7) is 11.1. The van der Waals surface area contributed by atoms with Crippen LogP contribution in [0.15, 0.2) is 18.7 Å². The number of carbonyl (C=O) groups excluding carboxylic acids is 1. The van der Waals surface area contributed by atoms with Crippen molar-refractivity contribution in [3.8, 4) is 5.75 Å². The van der Waals surface area contributed by atoms with Crippen molar-refractivity contribution in [2.45, 2.75) is 27.7 Å². The number of hydrogen-bond acceptors (Lipinski definition) is 2. The minimum absolute atomic E-state index is 0.288. The van der Waals surface area contributed by atoms with Crippen LogP contribution in [0.3, 0.4) is 0 Å². The quantitative estimate of drug-likeness (QED) is 0.546. The van der Waals surface area contributed by atoms with Crippen LogP contribution in [0.1, 0.15) is 30.5 Å². The first-order valence-electron chi connectivity index (χ1n) is 4.87.